The zero-order valence-electron chi connectivity index (χ0n) is 9.86. The second-order valence-electron chi connectivity index (χ2n) is 3.14. The van der Waals surface area contributed by atoms with Gasteiger partial charge in [0.15, 0.2) is 0 Å². The van der Waals surface area contributed by atoms with Crippen molar-refractivity contribution in [1.29, 1.82) is 0 Å². The van der Waals surface area contributed by atoms with Gasteiger partial charge in [0, 0.05) is 19.5 Å². The highest BCUT2D eigenvalue weighted by Crippen LogP contribution is 2.10. The number of nitrogens with two attached hydrogens (primary N) is 1. The van der Waals surface area contributed by atoms with E-state index in [2.05, 4.69) is 25.6 Å². The second kappa shape index (κ2) is 6.46. The molecule has 0 aliphatic carbocycles. The average molecular weight is 240 g/mol. The molecule has 1 aromatic heterocycles. The Bertz CT molecular complexity index is 384. The Balaban J connectivity index is 2.69. The van der Waals surface area contributed by atoms with E-state index < -0.39 is 0 Å². The first-order valence-electron chi connectivity index (χ1n) is 5.21. The molecule has 1 heterocycles. The third kappa shape index (κ3) is 4.49. The van der Waals surface area contributed by atoms with Gasteiger partial charge in [-0.3, -0.25) is 4.79 Å². The average Bonchev–Trinajstić information content (AvgIpc) is 2.28. The first-order valence-corrected chi connectivity index (χ1v) is 5.21. The Labute approximate surface area is 99.0 Å². The topological polar surface area (TPSA) is 115 Å². The minimum Gasteiger partial charge on any atom is -0.467 e. The van der Waals surface area contributed by atoms with Gasteiger partial charge >= 0.3 is 6.01 Å². The zero-order chi connectivity index (χ0) is 12.7. The highest BCUT2D eigenvalue weighted by Gasteiger charge is 2.05. The Hall–Kier alpha value is -2.12. The number of carbonyl (C=O) groups excluding carboxylic acids is 1. The largest absolute Gasteiger partial charge is 0.467 e. The van der Waals surface area contributed by atoms with E-state index in [0.717, 1.165) is 0 Å². The van der Waals surface area contributed by atoms with Gasteiger partial charge in [-0.25, -0.2) is 0 Å². The van der Waals surface area contributed by atoms with Crippen LogP contribution in [0.1, 0.15) is 13.3 Å². The van der Waals surface area contributed by atoms with Crippen LogP contribution in [-0.4, -0.2) is 41.1 Å². The lowest BCUT2D eigenvalue weighted by Crippen LogP contribution is -2.17. The summed E-state index contributed by atoms with van der Waals surface area (Å²) in [5.74, 6) is 0.375. The predicted octanol–water partition coefficient (Wildman–Crippen LogP) is -0.401. The number of primary amides is 1. The van der Waals surface area contributed by atoms with Crippen molar-refractivity contribution in [1.82, 2.24) is 15.0 Å². The normalized spacial score (nSPS) is 9.76. The minimum absolute atomic E-state index is 0.206. The molecule has 0 bridgehead atoms. The quantitative estimate of drug-likeness (QED) is 0.593. The van der Waals surface area contributed by atoms with Crippen LogP contribution in [0.15, 0.2) is 0 Å². The number of methoxy groups -OCH3 is 1. The molecular weight excluding hydrogens is 224 g/mol. The molecule has 17 heavy (non-hydrogen) atoms. The summed E-state index contributed by atoms with van der Waals surface area (Å²) < 4.78 is 4.94. The van der Waals surface area contributed by atoms with Crippen LogP contribution in [0.25, 0.3) is 0 Å². The third-order valence-electron chi connectivity index (χ3n) is 1.79. The Morgan fingerprint density at radius 3 is 2.47 bits per heavy atom. The zero-order valence-corrected chi connectivity index (χ0v) is 9.86. The summed E-state index contributed by atoms with van der Waals surface area (Å²) in [6.07, 6.45) is 0.213. The standard InChI is InChI=1S/C9H16N6O2/c1-3-11-7-13-8(12-5-4-6(10)16)15-9(14-7)17-2/h3-5H2,1-2H3,(H2,10,16)(H2,11,12,13,14,15). The summed E-state index contributed by atoms with van der Waals surface area (Å²) >= 11 is 0. The van der Waals surface area contributed by atoms with Crippen LogP contribution in [0, 0.1) is 0 Å². The van der Waals surface area contributed by atoms with E-state index in [9.17, 15) is 4.79 Å². The summed E-state index contributed by atoms with van der Waals surface area (Å²) in [5, 5.41) is 5.81. The molecular formula is C9H16N6O2. The van der Waals surface area contributed by atoms with Gasteiger partial charge in [0.05, 0.1) is 7.11 Å². The Kier molecular flexibility index (Phi) is 4.92. The van der Waals surface area contributed by atoms with Crippen LogP contribution >= 0.6 is 0 Å². The molecule has 8 heteroatoms. The number of rotatable bonds is 7. The van der Waals surface area contributed by atoms with Crippen molar-refractivity contribution in [3.8, 4) is 6.01 Å². The molecule has 0 aliphatic rings. The minimum atomic E-state index is -0.384. The second-order valence-corrected chi connectivity index (χ2v) is 3.14. The SMILES string of the molecule is CCNc1nc(NCCC(N)=O)nc(OC)n1. The molecule has 0 fully saturated rings. The highest BCUT2D eigenvalue weighted by atomic mass is 16.5. The maximum Gasteiger partial charge on any atom is 0.322 e. The smallest absolute Gasteiger partial charge is 0.322 e. The number of anilines is 2. The number of carbonyl (C=O) groups is 1. The van der Waals surface area contributed by atoms with E-state index in [-0.39, 0.29) is 18.3 Å². The summed E-state index contributed by atoms with van der Waals surface area (Å²) in [7, 11) is 1.47. The summed E-state index contributed by atoms with van der Waals surface area (Å²) in [5.41, 5.74) is 5.02. The van der Waals surface area contributed by atoms with Crippen molar-refractivity contribution in [2.45, 2.75) is 13.3 Å². The van der Waals surface area contributed by atoms with Gasteiger partial charge in [0.2, 0.25) is 17.8 Å². The van der Waals surface area contributed by atoms with Crippen LogP contribution in [0.2, 0.25) is 0 Å². The van der Waals surface area contributed by atoms with Crippen molar-refractivity contribution in [3.05, 3.63) is 0 Å². The van der Waals surface area contributed by atoms with Crippen molar-refractivity contribution in [3.63, 3.8) is 0 Å². The van der Waals surface area contributed by atoms with Gasteiger partial charge in [-0.05, 0) is 6.92 Å². The molecule has 0 saturated heterocycles. The number of nitrogens with one attached hydrogen (secondary N) is 2. The van der Waals surface area contributed by atoms with Gasteiger partial charge in [-0.2, -0.15) is 15.0 Å². The first-order chi connectivity index (χ1) is 8.15. The summed E-state index contributed by atoms with van der Waals surface area (Å²) in [6.45, 7) is 2.98. The number of hydrogen-bond donors (Lipinski definition) is 3. The van der Waals surface area contributed by atoms with Crippen molar-refractivity contribution >= 4 is 17.8 Å². The number of hydrogen-bond acceptors (Lipinski definition) is 7. The maximum absolute atomic E-state index is 10.6. The molecule has 0 radical (unpaired) electrons. The fourth-order valence-electron chi connectivity index (χ4n) is 1.06. The first kappa shape index (κ1) is 12.9. The van der Waals surface area contributed by atoms with E-state index in [1.165, 1.54) is 7.11 Å². The van der Waals surface area contributed by atoms with Crippen molar-refractivity contribution < 1.29 is 9.53 Å². The van der Waals surface area contributed by atoms with E-state index in [0.29, 0.717) is 25.0 Å². The molecule has 1 rings (SSSR count). The highest BCUT2D eigenvalue weighted by molar-refractivity contribution is 5.74. The van der Waals surface area contributed by atoms with Gasteiger partial charge in [0.1, 0.15) is 0 Å². The molecule has 4 N–H and O–H groups in total. The number of ether oxygens (including phenoxy) is 1. The lowest BCUT2D eigenvalue weighted by atomic mass is 10.4. The monoisotopic (exact) mass is 240 g/mol. The molecule has 0 aromatic carbocycles. The van der Waals surface area contributed by atoms with Crippen LogP contribution in [0.5, 0.6) is 6.01 Å². The molecule has 0 spiro atoms. The maximum atomic E-state index is 10.6. The van der Waals surface area contributed by atoms with Gasteiger partial charge < -0.3 is 21.1 Å². The predicted molar refractivity (Wildman–Crippen MR) is 62.8 cm³/mol. The molecule has 94 valence electrons. The Morgan fingerprint density at radius 1 is 1.29 bits per heavy atom. The van der Waals surface area contributed by atoms with Gasteiger partial charge in [-0.15, -0.1) is 0 Å². The Morgan fingerprint density at radius 2 is 1.94 bits per heavy atom. The van der Waals surface area contributed by atoms with Gasteiger partial charge in [0.25, 0.3) is 0 Å². The summed E-state index contributed by atoms with van der Waals surface area (Å²) in [6, 6.07) is 0.206. The van der Waals surface area contributed by atoms with Crippen molar-refractivity contribution in [2.24, 2.45) is 5.73 Å². The molecule has 0 atom stereocenters. The molecule has 1 amide bonds. The van der Waals surface area contributed by atoms with Crippen LogP contribution in [0.4, 0.5) is 11.9 Å². The van der Waals surface area contributed by atoms with E-state index in [1.54, 1.807) is 0 Å². The number of nitrogens with zero attached hydrogens (tertiary/aromatic N) is 3. The van der Waals surface area contributed by atoms with E-state index in [4.69, 9.17) is 10.5 Å². The van der Waals surface area contributed by atoms with Gasteiger partial charge in [-0.1, -0.05) is 0 Å². The third-order valence-corrected chi connectivity index (χ3v) is 1.79. The fourth-order valence-corrected chi connectivity index (χ4v) is 1.06. The number of amides is 1. The summed E-state index contributed by atoms with van der Waals surface area (Å²) in [4.78, 5) is 22.6. The van der Waals surface area contributed by atoms with Crippen molar-refractivity contribution in [2.75, 3.05) is 30.8 Å². The molecule has 1 aromatic rings. The molecule has 8 nitrogen and oxygen atoms in total. The van der Waals surface area contributed by atoms with Crippen LogP contribution in [0.3, 0.4) is 0 Å². The van der Waals surface area contributed by atoms with Crippen LogP contribution in [-0.2, 0) is 4.79 Å². The van der Waals surface area contributed by atoms with E-state index >= 15 is 0 Å². The fraction of sp³-hybridized carbons (Fsp3) is 0.556. The number of aromatic nitrogens is 3. The molecule has 0 aliphatic heterocycles. The molecule has 0 unspecified atom stereocenters. The van der Waals surface area contributed by atoms with E-state index in [1.807, 2.05) is 6.92 Å². The van der Waals surface area contributed by atoms with Crippen LogP contribution < -0.4 is 21.1 Å². The lowest BCUT2D eigenvalue weighted by molar-refractivity contribution is -0.117. The molecule has 0 saturated carbocycles. The lowest BCUT2D eigenvalue weighted by Gasteiger charge is -2.07.